The minimum Gasteiger partial charge on any atom is -0.404 e. The third-order valence-corrected chi connectivity index (χ3v) is 6.94. The van der Waals surface area contributed by atoms with Gasteiger partial charge in [-0.15, -0.1) is 11.6 Å². The highest BCUT2D eigenvalue weighted by Crippen LogP contribution is 2.65. The largest absolute Gasteiger partial charge is 0.477 e. The van der Waals surface area contributed by atoms with Crippen molar-refractivity contribution >= 4 is 18.7 Å². The van der Waals surface area contributed by atoms with Crippen LogP contribution in [0.25, 0.3) is 0 Å². The van der Waals surface area contributed by atoms with Crippen molar-refractivity contribution in [3.05, 3.63) is 35.6 Å². The minimum atomic E-state index is -0.412. The van der Waals surface area contributed by atoms with Crippen molar-refractivity contribution < 1.29 is 13.7 Å². The summed E-state index contributed by atoms with van der Waals surface area (Å²) in [6.45, 7) is 6.87. The first-order chi connectivity index (χ1) is 10.8. The SMILES string of the molecule is CC1(C)[C@@H]2C[C@H]3OB([C@H](Cl)Cc4cccc(F)c4)O[C@@]3(C)[C@H]1C2. The van der Waals surface area contributed by atoms with Gasteiger partial charge in [-0.25, -0.2) is 4.39 Å². The molecular formula is C18H23BClFO2. The summed E-state index contributed by atoms with van der Waals surface area (Å²) in [6, 6.07) is 6.57. The van der Waals surface area contributed by atoms with Gasteiger partial charge in [0, 0.05) is 0 Å². The summed E-state index contributed by atoms with van der Waals surface area (Å²) >= 11 is 6.56. The Morgan fingerprint density at radius 3 is 2.83 bits per heavy atom. The summed E-state index contributed by atoms with van der Waals surface area (Å²) in [5, 5.41) is -0.306. The highest BCUT2D eigenvalue weighted by atomic mass is 35.5. The quantitative estimate of drug-likeness (QED) is 0.607. The molecule has 3 saturated carbocycles. The molecule has 3 aliphatic carbocycles. The average molecular weight is 337 g/mol. The standard InChI is InChI=1S/C18H23BClFO2/c1-17(2)12-9-14(17)18(3)15(10-12)22-19(23-18)16(20)8-11-5-4-6-13(21)7-11/h4-7,12,14-16H,8-10H2,1-3H3/t12-,14-,15+,16+,18-/m0/s1. The maximum Gasteiger partial charge on any atom is 0.477 e. The van der Waals surface area contributed by atoms with E-state index in [4.69, 9.17) is 20.9 Å². The zero-order valence-electron chi connectivity index (χ0n) is 13.9. The maximum atomic E-state index is 13.3. The molecule has 0 N–H and O–H groups in total. The van der Waals surface area contributed by atoms with Gasteiger partial charge in [-0.3, -0.25) is 0 Å². The van der Waals surface area contributed by atoms with Gasteiger partial charge in [0.15, 0.2) is 0 Å². The smallest absolute Gasteiger partial charge is 0.404 e. The zero-order chi connectivity index (χ0) is 16.4. The van der Waals surface area contributed by atoms with Crippen molar-refractivity contribution in [2.75, 3.05) is 0 Å². The molecule has 1 aliphatic heterocycles. The van der Waals surface area contributed by atoms with Crippen molar-refractivity contribution in [1.82, 2.24) is 0 Å². The lowest BCUT2D eigenvalue weighted by Crippen LogP contribution is -2.65. The Balaban J connectivity index is 1.48. The molecule has 4 fully saturated rings. The first kappa shape index (κ1) is 15.9. The number of rotatable bonds is 3. The van der Waals surface area contributed by atoms with Gasteiger partial charge in [-0.1, -0.05) is 26.0 Å². The molecule has 4 aliphatic rings. The lowest BCUT2D eigenvalue weighted by atomic mass is 9.43. The van der Waals surface area contributed by atoms with Gasteiger partial charge in [0.05, 0.1) is 17.0 Å². The van der Waals surface area contributed by atoms with Gasteiger partial charge >= 0.3 is 7.12 Å². The molecule has 1 saturated heterocycles. The number of hydrogen-bond acceptors (Lipinski definition) is 2. The van der Waals surface area contributed by atoms with Crippen LogP contribution >= 0.6 is 11.6 Å². The summed E-state index contributed by atoms with van der Waals surface area (Å²) < 4.78 is 25.9. The van der Waals surface area contributed by atoms with E-state index in [0.717, 1.165) is 17.9 Å². The molecule has 2 bridgehead atoms. The molecule has 1 aromatic carbocycles. The van der Waals surface area contributed by atoms with Crippen LogP contribution in [0.4, 0.5) is 4.39 Å². The van der Waals surface area contributed by atoms with Crippen LogP contribution in [0, 0.1) is 23.1 Å². The molecule has 1 aromatic rings. The molecule has 124 valence electrons. The number of hydrogen-bond donors (Lipinski definition) is 0. The van der Waals surface area contributed by atoms with Crippen molar-refractivity contribution in [2.24, 2.45) is 17.3 Å². The van der Waals surface area contributed by atoms with E-state index >= 15 is 0 Å². The number of benzene rings is 1. The van der Waals surface area contributed by atoms with E-state index in [2.05, 4.69) is 20.8 Å². The van der Waals surface area contributed by atoms with Gasteiger partial charge in [-0.2, -0.15) is 0 Å². The van der Waals surface area contributed by atoms with Crippen LogP contribution in [-0.2, 0) is 15.7 Å². The Kier molecular flexibility index (Phi) is 3.61. The molecule has 0 spiro atoms. The number of halogens is 2. The Bertz CT molecular complexity index is 625. The third-order valence-electron chi connectivity index (χ3n) is 6.58. The molecule has 0 aromatic heterocycles. The Labute approximate surface area is 142 Å². The summed E-state index contributed by atoms with van der Waals surface area (Å²) in [5.74, 6) is 1.02. The van der Waals surface area contributed by atoms with E-state index < -0.39 is 7.12 Å². The predicted octanol–water partition coefficient (Wildman–Crippen LogP) is 4.24. The average Bonchev–Trinajstić information content (AvgIpc) is 2.84. The van der Waals surface area contributed by atoms with E-state index in [-0.39, 0.29) is 22.8 Å². The lowest BCUT2D eigenvalue weighted by Gasteiger charge is -2.64. The second-order valence-electron chi connectivity index (χ2n) is 8.19. The fraction of sp³-hybridized carbons (Fsp3) is 0.667. The molecule has 1 heterocycles. The predicted molar refractivity (Wildman–Crippen MR) is 89.9 cm³/mol. The fourth-order valence-corrected chi connectivity index (χ4v) is 5.33. The van der Waals surface area contributed by atoms with Crippen LogP contribution < -0.4 is 0 Å². The molecule has 0 unspecified atom stereocenters. The van der Waals surface area contributed by atoms with E-state index in [1.165, 1.54) is 18.6 Å². The molecule has 0 amide bonds. The van der Waals surface area contributed by atoms with Crippen LogP contribution in [0.3, 0.4) is 0 Å². The minimum absolute atomic E-state index is 0.137. The van der Waals surface area contributed by atoms with Crippen LogP contribution in [0.2, 0.25) is 0 Å². The highest BCUT2D eigenvalue weighted by molar-refractivity contribution is 6.60. The lowest BCUT2D eigenvalue weighted by molar-refractivity contribution is -0.199. The van der Waals surface area contributed by atoms with Crippen molar-refractivity contribution in [3.8, 4) is 0 Å². The first-order valence-corrected chi connectivity index (χ1v) is 8.96. The van der Waals surface area contributed by atoms with Gasteiger partial charge < -0.3 is 9.31 Å². The second-order valence-corrected chi connectivity index (χ2v) is 8.75. The van der Waals surface area contributed by atoms with E-state index in [0.29, 0.717) is 17.8 Å². The number of alkyl halides is 1. The molecule has 23 heavy (non-hydrogen) atoms. The van der Waals surface area contributed by atoms with Crippen molar-refractivity contribution in [3.63, 3.8) is 0 Å². The van der Waals surface area contributed by atoms with E-state index in [9.17, 15) is 4.39 Å². The van der Waals surface area contributed by atoms with Crippen molar-refractivity contribution in [1.29, 1.82) is 0 Å². The Morgan fingerprint density at radius 1 is 1.35 bits per heavy atom. The van der Waals surface area contributed by atoms with Gasteiger partial charge in [0.1, 0.15) is 5.82 Å². The molecule has 5 rings (SSSR count). The maximum absolute atomic E-state index is 13.3. The van der Waals surface area contributed by atoms with Crippen LogP contribution in [0.5, 0.6) is 0 Å². The van der Waals surface area contributed by atoms with Gasteiger partial charge in [0.25, 0.3) is 0 Å². The fourth-order valence-electron chi connectivity index (χ4n) is 5.04. The topological polar surface area (TPSA) is 18.5 Å². The molecular weight excluding hydrogens is 313 g/mol. The molecule has 5 heteroatoms. The second kappa shape index (κ2) is 5.21. The summed E-state index contributed by atoms with van der Waals surface area (Å²) in [4.78, 5) is 0. The van der Waals surface area contributed by atoms with Crippen LogP contribution in [0.1, 0.15) is 39.2 Å². The molecule has 0 radical (unpaired) electrons. The van der Waals surface area contributed by atoms with E-state index in [1.54, 1.807) is 6.07 Å². The zero-order valence-corrected chi connectivity index (χ0v) is 14.6. The first-order valence-electron chi connectivity index (χ1n) is 8.52. The van der Waals surface area contributed by atoms with E-state index in [1.807, 2.05) is 6.07 Å². The molecule has 2 nitrogen and oxygen atoms in total. The highest BCUT2D eigenvalue weighted by Gasteiger charge is 2.68. The summed E-state index contributed by atoms with van der Waals surface area (Å²) in [7, 11) is -0.412. The van der Waals surface area contributed by atoms with Crippen LogP contribution in [-0.4, -0.2) is 24.1 Å². The summed E-state index contributed by atoms with van der Waals surface area (Å²) in [6.07, 6.45) is 2.97. The Hall–Kier alpha value is -0.575. The van der Waals surface area contributed by atoms with Gasteiger partial charge in [-0.05, 0) is 61.1 Å². The Morgan fingerprint density at radius 2 is 2.13 bits per heavy atom. The van der Waals surface area contributed by atoms with Crippen LogP contribution in [0.15, 0.2) is 24.3 Å². The summed E-state index contributed by atoms with van der Waals surface area (Å²) in [5.41, 5.74) is 0.966. The monoisotopic (exact) mass is 336 g/mol. The normalized spacial score (nSPS) is 38.8. The van der Waals surface area contributed by atoms with Crippen molar-refractivity contribution in [2.45, 2.75) is 57.0 Å². The van der Waals surface area contributed by atoms with Gasteiger partial charge in [0.2, 0.25) is 0 Å². The molecule has 5 atom stereocenters. The third kappa shape index (κ3) is 2.37.